The Morgan fingerprint density at radius 1 is 1.20 bits per heavy atom. The van der Waals surface area contributed by atoms with E-state index in [-0.39, 0.29) is 11.9 Å². The molecule has 0 aliphatic rings. The van der Waals surface area contributed by atoms with Crippen molar-refractivity contribution in [3.05, 3.63) is 64.4 Å². The quantitative estimate of drug-likeness (QED) is 0.925. The second kappa shape index (κ2) is 6.25. The van der Waals surface area contributed by atoms with Crippen molar-refractivity contribution in [2.75, 3.05) is 18.5 Å². The molecule has 2 rings (SSSR count). The maximum atomic E-state index is 14.0. The lowest BCUT2D eigenvalue weighted by atomic mass is 10.0. The number of aryl methyl sites for hydroxylation is 1. The van der Waals surface area contributed by atoms with Gasteiger partial charge in [0.05, 0.1) is 6.04 Å². The molecule has 4 heteroatoms. The first-order valence-corrected chi connectivity index (χ1v) is 6.85. The number of likely N-dealkylation sites (N-methyl/N-ethyl adjacent to an activating group) is 1. The number of rotatable bonds is 4. The predicted octanol–water partition coefficient (Wildman–Crippen LogP) is 3.92. The van der Waals surface area contributed by atoms with Crippen LogP contribution in [0.15, 0.2) is 42.5 Å². The topological polar surface area (TPSA) is 29.3 Å². The SMILES string of the molecule is Cc1ccc(N(C)C(CN)c2cc(Cl)ccc2F)cc1. The van der Waals surface area contributed by atoms with Crippen LogP contribution in [0.5, 0.6) is 0 Å². The van der Waals surface area contributed by atoms with E-state index in [0.717, 1.165) is 5.69 Å². The second-order valence-electron chi connectivity index (χ2n) is 4.86. The van der Waals surface area contributed by atoms with Crippen LogP contribution in [0.2, 0.25) is 5.02 Å². The molecule has 0 amide bonds. The Bertz CT molecular complexity index is 584. The molecule has 0 fully saturated rings. The minimum atomic E-state index is -0.288. The summed E-state index contributed by atoms with van der Waals surface area (Å²) in [5.41, 5.74) is 8.53. The summed E-state index contributed by atoms with van der Waals surface area (Å²) in [7, 11) is 1.91. The molecule has 0 saturated heterocycles. The largest absolute Gasteiger partial charge is 0.366 e. The van der Waals surface area contributed by atoms with E-state index in [1.54, 1.807) is 12.1 Å². The van der Waals surface area contributed by atoms with Gasteiger partial charge in [0.15, 0.2) is 0 Å². The fourth-order valence-corrected chi connectivity index (χ4v) is 2.40. The summed E-state index contributed by atoms with van der Waals surface area (Å²) in [4.78, 5) is 1.97. The van der Waals surface area contributed by atoms with Crippen LogP contribution in [0.25, 0.3) is 0 Å². The van der Waals surface area contributed by atoms with E-state index < -0.39 is 0 Å². The Kier molecular flexibility index (Phi) is 4.63. The van der Waals surface area contributed by atoms with E-state index in [1.807, 2.05) is 43.1 Å². The van der Waals surface area contributed by atoms with Gasteiger partial charge in [-0.3, -0.25) is 0 Å². The molecule has 20 heavy (non-hydrogen) atoms. The van der Waals surface area contributed by atoms with E-state index in [4.69, 9.17) is 17.3 Å². The number of anilines is 1. The van der Waals surface area contributed by atoms with Crippen LogP contribution in [0.4, 0.5) is 10.1 Å². The lowest BCUT2D eigenvalue weighted by molar-refractivity contribution is 0.573. The van der Waals surface area contributed by atoms with Gasteiger partial charge in [0, 0.05) is 29.9 Å². The minimum absolute atomic E-state index is 0.253. The molecule has 0 aromatic heterocycles. The van der Waals surface area contributed by atoms with Crippen molar-refractivity contribution in [3.8, 4) is 0 Å². The zero-order valence-corrected chi connectivity index (χ0v) is 12.4. The lowest BCUT2D eigenvalue weighted by Gasteiger charge is -2.30. The standard InChI is InChI=1S/C16H18ClFN2/c1-11-3-6-13(7-4-11)20(2)16(10-19)14-9-12(17)5-8-15(14)18/h3-9,16H,10,19H2,1-2H3. The molecule has 2 N–H and O–H groups in total. The van der Waals surface area contributed by atoms with Crippen molar-refractivity contribution >= 4 is 17.3 Å². The number of nitrogens with zero attached hydrogens (tertiary/aromatic N) is 1. The van der Waals surface area contributed by atoms with Gasteiger partial charge in [-0.05, 0) is 37.3 Å². The Morgan fingerprint density at radius 2 is 1.85 bits per heavy atom. The average molecular weight is 293 g/mol. The molecule has 0 aliphatic carbocycles. The first-order chi connectivity index (χ1) is 9.52. The van der Waals surface area contributed by atoms with Gasteiger partial charge in [0.2, 0.25) is 0 Å². The molecule has 1 unspecified atom stereocenters. The summed E-state index contributed by atoms with van der Waals surface area (Å²) < 4.78 is 14.0. The third-order valence-corrected chi connectivity index (χ3v) is 3.68. The number of benzene rings is 2. The molecule has 0 spiro atoms. The van der Waals surface area contributed by atoms with Crippen molar-refractivity contribution in [1.29, 1.82) is 0 Å². The van der Waals surface area contributed by atoms with Crippen LogP contribution in [0.3, 0.4) is 0 Å². The Hall–Kier alpha value is -1.58. The van der Waals surface area contributed by atoms with Crippen LogP contribution in [0, 0.1) is 12.7 Å². The maximum absolute atomic E-state index is 14.0. The zero-order chi connectivity index (χ0) is 14.7. The zero-order valence-electron chi connectivity index (χ0n) is 11.6. The second-order valence-corrected chi connectivity index (χ2v) is 5.30. The van der Waals surface area contributed by atoms with Gasteiger partial charge in [0.25, 0.3) is 0 Å². The number of halogens is 2. The molecule has 2 aromatic rings. The summed E-state index contributed by atoms with van der Waals surface area (Å²) in [5, 5.41) is 0.511. The molecular formula is C16H18ClFN2. The third kappa shape index (κ3) is 3.11. The molecule has 0 radical (unpaired) electrons. The van der Waals surface area contributed by atoms with E-state index in [0.29, 0.717) is 17.1 Å². The van der Waals surface area contributed by atoms with Crippen LogP contribution in [0.1, 0.15) is 17.2 Å². The third-order valence-electron chi connectivity index (χ3n) is 3.45. The van der Waals surface area contributed by atoms with Crippen LogP contribution in [-0.2, 0) is 0 Å². The molecule has 2 nitrogen and oxygen atoms in total. The van der Waals surface area contributed by atoms with Crippen LogP contribution < -0.4 is 10.6 Å². The van der Waals surface area contributed by atoms with Gasteiger partial charge < -0.3 is 10.6 Å². The minimum Gasteiger partial charge on any atom is -0.366 e. The summed E-state index contributed by atoms with van der Waals surface area (Å²) in [6.45, 7) is 2.34. The average Bonchev–Trinajstić information content (AvgIpc) is 2.44. The summed E-state index contributed by atoms with van der Waals surface area (Å²) in [6, 6.07) is 12.3. The molecule has 0 aliphatic heterocycles. The monoisotopic (exact) mass is 292 g/mol. The highest BCUT2D eigenvalue weighted by Crippen LogP contribution is 2.28. The van der Waals surface area contributed by atoms with Crippen molar-refractivity contribution in [2.45, 2.75) is 13.0 Å². The van der Waals surface area contributed by atoms with Gasteiger partial charge in [-0.15, -0.1) is 0 Å². The van der Waals surface area contributed by atoms with Crippen LogP contribution >= 0.6 is 11.6 Å². The maximum Gasteiger partial charge on any atom is 0.128 e. The molecule has 106 valence electrons. The molecule has 0 heterocycles. The Morgan fingerprint density at radius 3 is 2.45 bits per heavy atom. The van der Waals surface area contributed by atoms with E-state index in [1.165, 1.54) is 11.6 Å². The van der Waals surface area contributed by atoms with Crippen molar-refractivity contribution < 1.29 is 4.39 Å². The van der Waals surface area contributed by atoms with Gasteiger partial charge in [-0.25, -0.2) is 4.39 Å². The summed E-state index contributed by atoms with van der Waals surface area (Å²) in [5.74, 6) is -0.288. The summed E-state index contributed by atoms with van der Waals surface area (Å²) >= 11 is 5.96. The lowest BCUT2D eigenvalue weighted by Crippen LogP contribution is -2.31. The highest BCUT2D eigenvalue weighted by atomic mass is 35.5. The van der Waals surface area contributed by atoms with Gasteiger partial charge >= 0.3 is 0 Å². The van der Waals surface area contributed by atoms with Crippen molar-refractivity contribution in [3.63, 3.8) is 0 Å². The fourth-order valence-electron chi connectivity index (χ4n) is 2.22. The molecule has 0 bridgehead atoms. The Labute approximate surface area is 124 Å². The number of hydrogen-bond donors (Lipinski definition) is 1. The summed E-state index contributed by atoms with van der Waals surface area (Å²) in [6.07, 6.45) is 0. The number of nitrogens with two attached hydrogens (primary N) is 1. The Balaban J connectivity index is 2.36. The van der Waals surface area contributed by atoms with Gasteiger partial charge in [0.1, 0.15) is 5.82 Å². The highest BCUT2D eigenvalue weighted by molar-refractivity contribution is 6.30. The van der Waals surface area contributed by atoms with Gasteiger partial charge in [-0.1, -0.05) is 29.3 Å². The van der Waals surface area contributed by atoms with E-state index >= 15 is 0 Å². The van der Waals surface area contributed by atoms with Crippen LogP contribution in [-0.4, -0.2) is 13.6 Å². The molecule has 1 atom stereocenters. The highest BCUT2D eigenvalue weighted by Gasteiger charge is 2.19. The number of hydrogen-bond acceptors (Lipinski definition) is 2. The molecular weight excluding hydrogens is 275 g/mol. The van der Waals surface area contributed by atoms with E-state index in [2.05, 4.69) is 0 Å². The first-order valence-electron chi connectivity index (χ1n) is 6.47. The molecule has 2 aromatic carbocycles. The van der Waals surface area contributed by atoms with Crippen molar-refractivity contribution in [2.24, 2.45) is 5.73 Å². The van der Waals surface area contributed by atoms with E-state index in [9.17, 15) is 4.39 Å². The molecule has 0 saturated carbocycles. The normalized spacial score (nSPS) is 12.2. The first kappa shape index (κ1) is 14.8. The predicted molar refractivity (Wildman–Crippen MR) is 82.8 cm³/mol. The fraction of sp³-hybridized carbons (Fsp3) is 0.250. The smallest absolute Gasteiger partial charge is 0.128 e. The van der Waals surface area contributed by atoms with Gasteiger partial charge in [-0.2, -0.15) is 0 Å². The van der Waals surface area contributed by atoms with Crippen molar-refractivity contribution in [1.82, 2.24) is 0 Å².